The predicted octanol–water partition coefficient (Wildman–Crippen LogP) is 3.54. The highest BCUT2D eigenvalue weighted by Gasteiger charge is 2.13. The summed E-state index contributed by atoms with van der Waals surface area (Å²) in [4.78, 5) is 16.4. The van der Waals surface area contributed by atoms with E-state index in [2.05, 4.69) is 15.4 Å². The maximum Gasteiger partial charge on any atom is 0.257 e. The lowest BCUT2D eigenvalue weighted by Gasteiger charge is -2.08. The van der Waals surface area contributed by atoms with E-state index in [9.17, 15) is 13.6 Å². The first-order valence-corrected chi connectivity index (χ1v) is 7.05. The third-order valence-corrected chi connectivity index (χ3v) is 3.36. The summed E-state index contributed by atoms with van der Waals surface area (Å²) in [5, 5.41) is 7.26. The number of hydrogen-bond donors (Lipinski definition) is 1. The Bertz CT molecular complexity index is 889. The molecule has 0 aliphatic heterocycles. The molecule has 7 heteroatoms. The van der Waals surface area contributed by atoms with Crippen molar-refractivity contribution in [3.05, 3.63) is 53.9 Å². The number of carbonyl (C=O) groups excluding carboxylic acids is 1. The highest BCUT2D eigenvalue weighted by atomic mass is 19.1. The van der Waals surface area contributed by atoms with Gasteiger partial charge in [-0.3, -0.25) is 4.79 Å². The zero-order valence-electron chi connectivity index (χ0n) is 12.5. The van der Waals surface area contributed by atoms with Crippen molar-refractivity contribution >= 4 is 22.6 Å². The van der Waals surface area contributed by atoms with Crippen LogP contribution < -0.4 is 5.32 Å². The number of nitrogens with zero attached hydrogens (tertiary/aromatic N) is 3. The molecule has 0 saturated carbocycles. The quantitative estimate of drug-likeness (QED) is 0.804. The van der Waals surface area contributed by atoms with E-state index in [1.165, 1.54) is 6.20 Å². The number of carbonyl (C=O) groups is 1. The van der Waals surface area contributed by atoms with Gasteiger partial charge < -0.3 is 5.32 Å². The molecule has 3 aromatic rings. The minimum Gasteiger partial charge on any atom is -0.319 e. The molecule has 0 saturated heterocycles. The monoisotopic (exact) mass is 316 g/mol. The van der Waals surface area contributed by atoms with Crippen molar-refractivity contribution in [1.82, 2.24) is 14.8 Å². The Kier molecular flexibility index (Phi) is 3.77. The second-order valence-corrected chi connectivity index (χ2v) is 5.40. The second-order valence-electron chi connectivity index (χ2n) is 5.40. The van der Waals surface area contributed by atoms with Crippen LogP contribution in [0.4, 0.5) is 14.5 Å². The number of benzene rings is 1. The molecule has 23 heavy (non-hydrogen) atoms. The molecule has 1 N–H and O–H groups in total. The SMILES string of the molecule is CC(C)n1ncc2cc(C(=O)Nc3cc(F)ccc3F)cnc21. The Labute approximate surface area is 130 Å². The van der Waals surface area contributed by atoms with Crippen molar-refractivity contribution in [3.63, 3.8) is 0 Å². The van der Waals surface area contributed by atoms with Gasteiger partial charge in [-0.1, -0.05) is 0 Å². The second kappa shape index (κ2) is 5.75. The summed E-state index contributed by atoms with van der Waals surface area (Å²) in [6, 6.07) is 4.62. The standard InChI is InChI=1S/C16H14F2N4O/c1-9(2)22-15-10(8-20-22)5-11(7-19-15)16(23)21-14-6-12(17)3-4-13(14)18/h3-9H,1-2H3,(H,21,23). The van der Waals surface area contributed by atoms with E-state index in [-0.39, 0.29) is 17.3 Å². The lowest BCUT2D eigenvalue weighted by Crippen LogP contribution is -2.13. The molecule has 0 fully saturated rings. The Hall–Kier alpha value is -2.83. The summed E-state index contributed by atoms with van der Waals surface area (Å²) in [6.45, 7) is 3.95. The fraction of sp³-hybridized carbons (Fsp3) is 0.188. The summed E-state index contributed by atoms with van der Waals surface area (Å²) in [6.07, 6.45) is 3.00. The van der Waals surface area contributed by atoms with Gasteiger partial charge in [-0.2, -0.15) is 5.10 Å². The van der Waals surface area contributed by atoms with Crippen molar-refractivity contribution in [2.45, 2.75) is 19.9 Å². The van der Waals surface area contributed by atoms with Gasteiger partial charge in [0.2, 0.25) is 0 Å². The van der Waals surface area contributed by atoms with Crippen molar-refractivity contribution in [2.75, 3.05) is 5.32 Å². The number of aromatic nitrogens is 3. The van der Waals surface area contributed by atoms with Gasteiger partial charge in [-0.05, 0) is 32.0 Å². The first-order chi connectivity index (χ1) is 11.0. The summed E-state index contributed by atoms with van der Waals surface area (Å²) < 4.78 is 28.5. The summed E-state index contributed by atoms with van der Waals surface area (Å²) in [5.41, 5.74) is 0.686. The van der Waals surface area contributed by atoms with Gasteiger partial charge in [-0.15, -0.1) is 0 Å². The van der Waals surface area contributed by atoms with Crippen LogP contribution in [0.5, 0.6) is 0 Å². The molecular formula is C16H14F2N4O. The topological polar surface area (TPSA) is 59.8 Å². The van der Waals surface area contributed by atoms with Gasteiger partial charge in [0.25, 0.3) is 5.91 Å². The Morgan fingerprint density at radius 1 is 1.22 bits per heavy atom. The molecule has 0 atom stereocenters. The summed E-state index contributed by atoms with van der Waals surface area (Å²) in [5.74, 6) is -1.91. The van der Waals surface area contributed by atoms with Crippen LogP contribution in [-0.2, 0) is 0 Å². The number of nitrogens with one attached hydrogen (secondary N) is 1. The highest BCUT2D eigenvalue weighted by molar-refractivity contribution is 6.05. The molecule has 5 nitrogen and oxygen atoms in total. The zero-order chi connectivity index (χ0) is 16.6. The van der Waals surface area contributed by atoms with Gasteiger partial charge in [0.1, 0.15) is 11.6 Å². The lowest BCUT2D eigenvalue weighted by atomic mass is 10.2. The number of anilines is 1. The number of amides is 1. The Morgan fingerprint density at radius 2 is 2.00 bits per heavy atom. The third kappa shape index (κ3) is 2.90. The van der Waals surface area contributed by atoms with Gasteiger partial charge in [0.05, 0.1) is 17.4 Å². The molecule has 118 valence electrons. The van der Waals surface area contributed by atoms with E-state index < -0.39 is 17.5 Å². The van der Waals surface area contributed by atoms with Gasteiger partial charge in [-0.25, -0.2) is 18.4 Å². The highest BCUT2D eigenvalue weighted by Crippen LogP contribution is 2.19. The molecule has 0 aliphatic rings. The van der Waals surface area contributed by atoms with Crippen molar-refractivity contribution in [2.24, 2.45) is 0 Å². The van der Waals surface area contributed by atoms with Crippen LogP contribution >= 0.6 is 0 Å². The van der Waals surface area contributed by atoms with E-state index in [0.29, 0.717) is 11.0 Å². The van der Waals surface area contributed by atoms with E-state index >= 15 is 0 Å². The largest absolute Gasteiger partial charge is 0.319 e. The molecule has 0 unspecified atom stereocenters. The van der Waals surface area contributed by atoms with Crippen LogP contribution in [0.15, 0.2) is 36.7 Å². The smallest absolute Gasteiger partial charge is 0.257 e. The number of halogens is 2. The van der Waals surface area contributed by atoms with E-state index in [1.54, 1.807) is 16.9 Å². The lowest BCUT2D eigenvalue weighted by molar-refractivity contribution is 0.102. The molecule has 0 radical (unpaired) electrons. The van der Waals surface area contributed by atoms with Crippen LogP contribution in [0.25, 0.3) is 11.0 Å². The van der Waals surface area contributed by atoms with Crippen LogP contribution in [0, 0.1) is 11.6 Å². The summed E-state index contributed by atoms with van der Waals surface area (Å²) >= 11 is 0. The number of hydrogen-bond acceptors (Lipinski definition) is 3. The molecule has 3 rings (SSSR count). The first kappa shape index (κ1) is 15.1. The van der Waals surface area contributed by atoms with Crippen LogP contribution in [0.2, 0.25) is 0 Å². The molecule has 1 aromatic carbocycles. The van der Waals surface area contributed by atoms with Crippen molar-refractivity contribution in [3.8, 4) is 0 Å². The van der Waals surface area contributed by atoms with Crippen LogP contribution in [0.1, 0.15) is 30.2 Å². The van der Waals surface area contributed by atoms with E-state index in [4.69, 9.17) is 0 Å². The number of pyridine rings is 1. The molecule has 1 amide bonds. The fourth-order valence-corrected chi connectivity index (χ4v) is 2.23. The number of fused-ring (bicyclic) bond motifs is 1. The van der Waals surface area contributed by atoms with Crippen LogP contribution in [-0.4, -0.2) is 20.7 Å². The Morgan fingerprint density at radius 3 is 2.74 bits per heavy atom. The molecule has 0 aliphatic carbocycles. The normalized spacial score (nSPS) is 11.2. The first-order valence-electron chi connectivity index (χ1n) is 7.05. The van der Waals surface area contributed by atoms with E-state index in [0.717, 1.165) is 18.2 Å². The van der Waals surface area contributed by atoms with Crippen molar-refractivity contribution in [1.29, 1.82) is 0 Å². The van der Waals surface area contributed by atoms with E-state index in [1.807, 2.05) is 13.8 Å². The predicted molar refractivity (Wildman–Crippen MR) is 82.2 cm³/mol. The maximum absolute atomic E-state index is 13.6. The fourth-order valence-electron chi connectivity index (χ4n) is 2.23. The Balaban J connectivity index is 1.90. The minimum atomic E-state index is -0.707. The van der Waals surface area contributed by atoms with Gasteiger partial charge in [0, 0.05) is 23.7 Å². The number of rotatable bonds is 3. The minimum absolute atomic E-state index is 0.140. The molecule has 0 bridgehead atoms. The molecule has 2 heterocycles. The zero-order valence-corrected chi connectivity index (χ0v) is 12.5. The van der Waals surface area contributed by atoms with Gasteiger partial charge >= 0.3 is 0 Å². The van der Waals surface area contributed by atoms with Gasteiger partial charge in [0.15, 0.2) is 5.65 Å². The molecule has 2 aromatic heterocycles. The molecular weight excluding hydrogens is 302 g/mol. The van der Waals surface area contributed by atoms with Crippen molar-refractivity contribution < 1.29 is 13.6 Å². The third-order valence-electron chi connectivity index (χ3n) is 3.36. The van der Waals surface area contributed by atoms with Crippen LogP contribution in [0.3, 0.4) is 0 Å². The average molecular weight is 316 g/mol. The maximum atomic E-state index is 13.6. The average Bonchev–Trinajstić information content (AvgIpc) is 2.94. The molecule has 0 spiro atoms. The summed E-state index contributed by atoms with van der Waals surface area (Å²) in [7, 11) is 0.